The van der Waals surface area contributed by atoms with Gasteiger partial charge in [0, 0.05) is 22.2 Å². The monoisotopic (exact) mass is 524 g/mol. The van der Waals surface area contributed by atoms with Crippen LogP contribution in [0, 0.1) is 5.82 Å². The minimum absolute atomic E-state index is 0. The van der Waals surface area contributed by atoms with Gasteiger partial charge >= 0.3 is 0 Å². The molecule has 0 amide bonds. The van der Waals surface area contributed by atoms with Crippen molar-refractivity contribution in [2.24, 2.45) is 10.7 Å². The fourth-order valence-electron chi connectivity index (χ4n) is 2.56. The summed E-state index contributed by atoms with van der Waals surface area (Å²) in [5.41, 5.74) is 8.38. The van der Waals surface area contributed by atoms with Crippen molar-refractivity contribution in [3.8, 4) is 0 Å². The molecule has 2 aromatic rings. The first-order valence-electron chi connectivity index (χ1n) is 8.19. The third kappa shape index (κ3) is 7.44. The second-order valence-electron chi connectivity index (χ2n) is 6.40. The van der Waals surface area contributed by atoms with E-state index in [-0.39, 0.29) is 35.8 Å². The molecule has 2 rings (SSSR count). The van der Waals surface area contributed by atoms with Crippen LogP contribution in [0.25, 0.3) is 0 Å². The number of hydrogen-bond donors (Lipinski definition) is 2. The highest BCUT2D eigenvalue weighted by Gasteiger charge is 2.11. The Labute approximate surface area is 187 Å². The first-order chi connectivity index (χ1) is 12.3. The molecule has 4 nitrogen and oxygen atoms in total. The van der Waals surface area contributed by atoms with E-state index in [9.17, 15) is 4.39 Å². The summed E-state index contributed by atoms with van der Waals surface area (Å²) in [4.78, 5) is 6.25. The minimum Gasteiger partial charge on any atom is -0.370 e. The van der Waals surface area contributed by atoms with Gasteiger partial charge in [-0.3, -0.25) is 0 Å². The Morgan fingerprint density at radius 1 is 1.22 bits per heavy atom. The van der Waals surface area contributed by atoms with E-state index in [0.717, 1.165) is 11.1 Å². The van der Waals surface area contributed by atoms with Gasteiger partial charge in [0.1, 0.15) is 5.82 Å². The smallest absolute Gasteiger partial charge is 0.189 e. The second kappa shape index (κ2) is 11.0. The van der Waals surface area contributed by atoms with E-state index in [0.29, 0.717) is 34.7 Å². The Balaban J connectivity index is 0.00000364. The van der Waals surface area contributed by atoms with E-state index in [4.69, 9.17) is 28.9 Å². The molecule has 0 bridgehead atoms. The van der Waals surface area contributed by atoms with Crippen molar-refractivity contribution >= 4 is 53.1 Å². The Morgan fingerprint density at radius 3 is 2.56 bits per heavy atom. The molecule has 2 aromatic carbocycles. The third-order valence-electron chi connectivity index (χ3n) is 3.82. The van der Waals surface area contributed by atoms with Crippen LogP contribution in [-0.2, 0) is 13.1 Å². The van der Waals surface area contributed by atoms with Gasteiger partial charge in [-0.25, -0.2) is 9.38 Å². The first kappa shape index (κ1) is 23.9. The molecule has 1 unspecified atom stereocenters. The summed E-state index contributed by atoms with van der Waals surface area (Å²) in [7, 11) is 3.80. The number of rotatable bonds is 6. The molecule has 0 heterocycles. The summed E-state index contributed by atoms with van der Waals surface area (Å²) in [6.45, 7) is 2.83. The van der Waals surface area contributed by atoms with E-state index in [1.165, 1.54) is 6.07 Å². The zero-order valence-electron chi connectivity index (χ0n) is 15.5. The number of benzene rings is 2. The van der Waals surface area contributed by atoms with Crippen molar-refractivity contribution in [2.45, 2.75) is 26.1 Å². The Hall–Kier alpha value is -1.09. The number of hydrogen-bond acceptors (Lipinski definition) is 2. The predicted octanol–water partition coefficient (Wildman–Crippen LogP) is 4.98. The molecule has 3 N–H and O–H groups in total. The van der Waals surface area contributed by atoms with Gasteiger partial charge in [0.15, 0.2) is 5.96 Å². The fourth-order valence-corrected chi connectivity index (χ4v) is 3.13. The average Bonchev–Trinajstić information content (AvgIpc) is 2.55. The first-order valence-corrected chi connectivity index (χ1v) is 8.95. The van der Waals surface area contributed by atoms with Gasteiger partial charge in [-0.05, 0) is 56.4 Å². The lowest BCUT2D eigenvalue weighted by Gasteiger charge is -2.16. The Bertz CT molecular complexity index is 799. The van der Waals surface area contributed by atoms with Crippen molar-refractivity contribution in [1.29, 1.82) is 0 Å². The van der Waals surface area contributed by atoms with Crippen molar-refractivity contribution < 1.29 is 4.39 Å². The van der Waals surface area contributed by atoms with Gasteiger partial charge in [-0.15, -0.1) is 24.0 Å². The summed E-state index contributed by atoms with van der Waals surface area (Å²) in [6, 6.07) is 10.2. The molecule has 0 fully saturated rings. The molecular formula is C19H24Cl2FIN4. The molecule has 0 radical (unpaired) electrons. The maximum Gasteiger partial charge on any atom is 0.189 e. The maximum atomic E-state index is 13.8. The number of nitrogens with one attached hydrogen (secondary N) is 1. The molecule has 0 saturated carbocycles. The molecule has 0 aliphatic heterocycles. The lowest BCUT2D eigenvalue weighted by molar-refractivity contribution is 0.392. The normalized spacial score (nSPS) is 12.6. The topological polar surface area (TPSA) is 53.6 Å². The molecule has 0 aromatic heterocycles. The maximum absolute atomic E-state index is 13.8. The Morgan fingerprint density at radius 2 is 1.93 bits per heavy atom. The summed E-state index contributed by atoms with van der Waals surface area (Å²) in [5.74, 6) is 0.0746. The lowest BCUT2D eigenvalue weighted by Crippen LogP contribution is -2.34. The minimum atomic E-state index is -0.219. The number of aliphatic imine (C=N–C) groups is 1. The van der Waals surface area contributed by atoms with Gasteiger partial charge in [0.25, 0.3) is 0 Å². The molecule has 0 spiro atoms. The van der Waals surface area contributed by atoms with Gasteiger partial charge < -0.3 is 16.0 Å². The molecular weight excluding hydrogens is 501 g/mol. The molecule has 0 saturated heterocycles. The van der Waals surface area contributed by atoms with Crippen LogP contribution in [0.15, 0.2) is 41.4 Å². The van der Waals surface area contributed by atoms with Crippen molar-refractivity contribution in [3.63, 3.8) is 0 Å². The van der Waals surface area contributed by atoms with E-state index in [1.807, 2.05) is 38.1 Å². The van der Waals surface area contributed by atoms with Crippen LogP contribution >= 0.6 is 47.2 Å². The molecule has 27 heavy (non-hydrogen) atoms. The molecule has 1 atom stereocenters. The van der Waals surface area contributed by atoms with Crippen LogP contribution in [-0.4, -0.2) is 25.0 Å². The highest BCUT2D eigenvalue weighted by molar-refractivity contribution is 14.0. The van der Waals surface area contributed by atoms with Gasteiger partial charge in [-0.1, -0.05) is 35.3 Å². The van der Waals surface area contributed by atoms with E-state index in [2.05, 4.69) is 10.3 Å². The second-order valence-corrected chi connectivity index (χ2v) is 7.24. The molecule has 148 valence electrons. The zero-order chi connectivity index (χ0) is 19.3. The van der Waals surface area contributed by atoms with Crippen LogP contribution in [0.2, 0.25) is 10.0 Å². The predicted molar refractivity (Wildman–Crippen MR) is 123 cm³/mol. The van der Waals surface area contributed by atoms with Crippen LogP contribution in [0.4, 0.5) is 4.39 Å². The van der Waals surface area contributed by atoms with Crippen molar-refractivity contribution in [2.75, 3.05) is 14.1 Å². The van der Waals surface area contributed by atoms with Crippen LogP contribution < -0.4 is 11.1 Å². The van der Waals surface area contributed by atoms with Crippen LogP contribution in [0.1, 0.15) is 29.7 Å². The standard InChI is InChI=1S/C19H23Cl2FN4.HI/c1-12(16-6-5-15(20)9-17(16)21)25-19(23)24-10-13-4-7-18(22)14(8-13)11-26(2)3;/h4-9,12H,10-11H2,1-3H3,(H3,23,24,25);1H. The summed E-state index contributed by atoms with van der Waals surface area (Å²) >= 11 is 12.1. The molecule has 0 aliphatic rings. The largest absolute Gasteiger partial charge is 0.370 e. The van der Waals surface area contributed by atoms with Crippen LogP contribution in [0.5, 0.6) is 0 Å². The lowest BCUT2D eigenvalue weighted by atomic mass is 10.1. The van der Waals surface area contributed by atoms with Gasteiger partial charge in [0.2, 0.25) is 0 Å². The Kier molecular flexibility index (Phi) is 9.80. The highest BCUT2D eigenvalue weighted by Crippen LogP contribution is 2.25. The number of nitrogens with two attached hydrogens (primary N) is 1. The number of guanidine groups is 1. The van der Waals surface area contributed by atoms with Crippen LogP contribution in [0.3, 0.4) is 0 Å². The van der Waals surface area contributed by atoms with E-state index < -0.39 is 0 Å². The van der Waals surface area contributed by atoms with E-state index in [1.54, 1.807) is 18.2 Å². The summed E-state index contributed by atoms with van der Waals surface area (Å²) < 4.78 is 13.8. The summed E-state index contributed by atoms with van der Waals surface area (Å²) in [6.07, 6.45) is 0. The third-order valence-corrected chi connectivity index (χ3v) is 4.38. The van der Waals surface area contributed by atoms with Crippen molar-refractivity contribution in [1.82, 2.24) is 10.2 Å². The van der Waals surface area contributed by atoms with Gasteiger partial charge in [-0.2, -0.15) is 0 Å². The number of halogens is 4. The quantitative estimate of drug-likeness (QED) is 0.318. The highest BCUT2D eigenvalue weighted by atomic mass is 127. The zero-order valence-corrected chi connectivity index (χ0v) is 19.3. The van der Waals surface area contributed by atoms with Crippen molar-refractivity contribution in [3.05, 3.63) is 69.0 Å². The van der Waals surface area contributed by atoms with Gasteiger partial charge in [0.05, 0.1) is 12.6 Å². The summed E-state index contributed by atoms with van der Waals surface area (Å²) in [5, 5.41) is 4.25. The average molecular weight is 525 g/mol. The molecule has 8 heteroatoms. The van der Waals surface area contributed by atoms with E-state index >= 15 is 0 Å². The SMILES string of the molecule is CC(NC(N)=NCc1ccc(F)c(CN(C)C)c1)c1ccc(Cl)cc1Cl.I. The fraction of sp³-hybridized carbons (Fsp3) is 0.316. The number of nitrogens with zero attached hydrogens (tertiary/aromatic N) is 2. The molecule has 0 aliphatic carbocycles.